The van der Waals surface area contributed by atoms with Crippen LogP contribution in [0.15, 0.2) is 28.8 Å². The Bertz CT molecular complexity index is 675. The molecular weight excluding hydrogens is 288 g/mol. The molecule has 0 spiro atoms. The molecule has 0 amide bonds. The molecule has 1 N–H and O–H groups in total. The largest absolute Gasteiger partial charge is 0.335 e. The molecule has 2 aromatic rings. The first-order valence-electron chi connectivity index (χ1n) is 8.19. The van der Waals surface area contributed by atoms with E-state index in [1.165, 1.54) is 11.1 Å². The minimum absolute atomic E-state index is 0.179. The van der Waals surface area contributed by atoms with Crippen molar-refractivity contribution in [3.63, 3.8) is 0 Å². The first-order valence-corrected chi connectivity index (χ1v) is 8.19. The zero-order chi connectivity index (χ0) is 16.2. The van der Waals surface area contributed by atoms with E-state index in [-0.39, 0.29) is 6.04 Å². The molecule has 0 saturated carbocycles. The number of piperazine rings is 1. The molecule has 2 heterocycles. The second kappa shape index (κ2) is 7.06. The fourth-order valence-corrected chi connectivity index (χ4v) is 2.81. The van der Waals surface area contributed by atoms with Crippen LogP contribution < -0.4 is 5.32 Å². The van der Waals surface area contributed by atoms with E-state index in [9.17, 15) is 0 Å². The van der Waals surface area contributed by atoms with E-state index in [1.54, 1.807) is 0 Å². The normalized spacial score (nSPS) is 20.0. The van der Waals surface area contributed by atoms with Crippen LogP contribution in [-0.2, 0) is 6.42 Å². The second-order valence-corrected chi connectivity index (χ2v) is 6.07. The fourth-order valence-electron chi connectivity index (χ4n) is 2.81. The minimum Gasteiger partial charge on any atom is -0.335 e. The van der Waals surface area contributed by atoms with Crippen molar-refractivity contribution in [3.8, 4) is 0 Å². The lowest BCUT2D eigenvalue weighted by molar-refractivity contribution is 0.190. The van der Waals surface area contributed by atoms with Crippen molar-refractivity contribution in [3.05, 3.63) is 47.1 Å². The molecule has 0 radical (unpaired) electrons. The van der Waals surface area contributed by atoms with Gasteiger partial charge in [0, 0.05) is 25.7 Å². The van der Waals surface area contributed by atoms with Gasteiger partial charge in [0.15, 0.2) is 5.82 Å². The number of nitrogens with one attached hydrogen (secondary N) is 1. The quantitative estimate of drug-likeness (QED) is 0.941. The number of likely N-dealkylation sites (N-methyl/N-ethyl adjacent to an activating group) is 1. The van der Waals surface area contributed by atoms with E-state index in [0.717, 1.165) is 37.5 Å². The molecule has 3 rings (SSSR count). The number of hydrogen-bond donors (Lipinski definition) is 1. The van der Waals surface area contributed by atoms with Crippen molar-refractivity contribution in [1.82, 2.24) is 20.4 Å². The maximum Gasteiger partial charge on any atom is 0.250 e. The van der Waals surface area contributed by atoms with Crippen LogP contribution in [0.3, 0.4) is 0 Å². The van der Waals surface area contributed by atoms with Crippen molar-refractivity contribution in [2.24, 2.45) is 0 Å². The first kappa shape index (κ1) is 15.9. The summed E-state index contributed by atoms with van der Waals surface area (Å²) in [6.45, 7) is 7.09. The smallest absolute Gasteiger partial charge is 0.250 e. The molecule has 5 nitrogen and oxygen atoms in total. The summed E-state index contributed by atoms with van der Waals surface area (Å²) in [5.74, 6) is 1.32. The van der Waals surface area contributed by atoms with Crippen LogP contribution in [0.1, 0.15) is 42.7 Å². The van der Waals surface area contributed by atoms with Crippen LogP contribution in [0, 0.1) is 0 Å². The molecule has 23 heavy (non-hydrogen) atoms. The Morgan fingerprint density at radius 3 is 2.87 bits per heavy atom. The Hall–Kier alpha value is -1.98. The Labute approximate surface area is 137 Å². The number of allylic oxidation sites excluding steroid dienone is 1. The summed E-state index contributed by atoms with van der Waals surface area (Å²) >= 11 is 0. The molecule has 1 aromatic carbocycles. The molecule has 1 unspecified atom stereocenters. The lowest BCUT2D eigenvalue weighted by atomic mass is 10.0. The van der Waals surface area contributed by atoms with Crippen LogP contribution in [-0.4, -0.2) is 41.7 Å². The van der Waals surface area contributed by atoms with Gasteiger partial charge < -0.3 is 9.84 Å². The summed E-state index contributed by atoms with van der Waals surface area (Å²) in [5.41, 5.74) is 3.64. The third kappa shape index (κ3) is 3.68. The van der Waals surface area contributed by atoms with E-state index < -0.39 is 0 Å². The number of benzene rings is 1. The van der Waals surface area contributed by atoms with Gasteiger partial charge in [0.1, 0.15) is 0 Å². The molecule has 5 heteroatoms. The standard InChI is InChI=1S/C18H24N4O/c1-4-14-5-7-15(8-6-14)13(2)11-17-20-18(21-23-17)16-12-19-9-10-22(16)3/h5-8,11,16,19H,4,9-10,12H2,1-3H3/b13-11+. The van der Waals surface area contributed by atoms with Crippen molar-refractivity contribution < 1.29 is 4.52 Å². The van der Waals surface area contributed by atoms with Crippen LogP contribution in [0.25, 0.3) is 11.6 Å². The highest BCUT2D eigenvalue weighted by molar-refractivity contribution is 5.77. The highest BCUT2D eigenvalue weighted by atomic mass is 16.5. The van der Waals surface area contributed by atoms with Crippen LogP contribution in [0.5, 0.6) is 0 Å². The molecule has 1 saturated heterocycles. The van der Waals surface area contributed by atoms with Gasteiger partial charge in [-0.05, 0) is 37.1 Å². The summed E-state index contributed by atoms with van der Waals surface area (Å²) in [4.78, 5) is 6.80. The predicted octanol–water partition coefficient (Wildman–Crippen LogP) is 2.77. The van der Waals surface area contributed by atoms with Gasteiger partial charge in [-0.1, -0.05) is 36.3 Å². The Morgan fingerprint density at radius 1 is 1.39 bits per heavy atom. The topological polar surface area (TPSA) is 54.2 Å². The Balaban J connectivity index is 1.76. The molecule has 1 aromatic heterocycles. The van der Waals surface area contributed by atoms with Crippen molar-refractivity contribution in [2.75, 3.05) is 26.7 Å². The minimum atomic E-state index is 0.179. The van der Waals surface area contributed by atoms with E-state index in [0.29, 0.717) is 5.89 Å². The lowest BCUT2D eigenvalue weighted by Crippen LogP contribution is -2.44. The van der Waals surface area contributed by atoms with Gasteiger partial charge in [-0.15, -0.1) is 0 Å². The van der Waals surface area contributed by atoms with Gasteiger partial charge >= 0.3 is 0 Å². The third-order valence-corrected chi connectivity index (χ3v) is 4.42. The van der Waals surface area contributed by atoms with Gasteiger partial charge in [0.25, 0.3) is 5.89 Å². The van der Waals surface area contributed by atoms with Gasteiger partial charge in [-0.2, -0.15) is 4.98 Å². The molecule has 1 aliphatic heterocycles. The second-order valence-electron chi connectivity index (χ2n) is 6.07. The zero-order valence-corrected chi connectivity index (χ0v) is 14.0. The first-order chi connectivity index (χ1) is 11.2. The van der Waals surface area contributed by atoms with Crippen molar-refractivity contribution in [1.29, 1.82) is 0 Å². The van der Waals surface area contributed by atoms with Gasteiger partial charge in [0.2, 0.25) is 0 Å². The van der Waals surface area contributed by atoms with Crippen molar-refractivity contribution in [2.45, 2.75) is 26.3 Å². The average molecular weight is 312 g/mol. The van der Waals surface area contributed by atoms with E-state index in [1.807, 2.05) is 6.08 Å². The van der Waals surface area contributed by atoms with Gasteiger partial charge in [0.05, 0.1) is 6.04 Å². The maximum absolute atomic E-state index is 5.41. The summed E-state index contributed by atoms with van der Waals surface area (Å²) in [6.07, 6.45) is 3.01. The number of nitrogens with zero attached hydrogens (tertiary/aromatic N) is 3. The average Bonchev–Trinajstić information content (AvgIpc) is 3.03. The van der Waals surface area contributed by atoms with Crippen molar-refractivity contribution >= 4 is 11.6 Å². The molecule has 122 valence electrons. The SMILES string of the molecule is CCc1ccc(/C(C)=C/c2nc(C3CNCCN3C)no2)cc1. The highest BCUT2D eigenvalue weighted by Gasteiger charge is 2.24. The number of aryl methyl sites for hydroxylation is 1. The van der Waals surface area contributed by atoms with E-state index in [4.69, 9.17) is 4.52 Å². The van der Waals surface area contributed by atoms with Crippen LogP contribution in [0.2, 0.25) is 0 Å². The van der Waals surface area contributed by atoms with Crippen LogP contribution >= 0.6 is 0 Å². The fraction of sp³-hybridized carbons (Fsp3) is 0.444. The third-order valence-electron chi connectivity index (χ3n) is 4.42. The highest BCUT2D eigenvalue weighted by Crippen LogP contribution is 2.21. The lowest BCUT2D eigenvalue weighted by Gasteiger charge is -2.30. The summed E-state index contributed by atoms with van der Waals surface area (Å²) in [5, 5.41) is 7.52. The molecule has 1 atom stereocenters. The number of aromatic nitrogens is 2. The van der Waals surface area contributed by atoms with Crippen LogP contribution in [0.4, 0.5) is 0 Å². The summed E-state index contributed by atoms with van der Waals surface area (Å²) in [7, 11) is 2.10. The summed E-state index contributed by atoms with van der Waals surface area (Å²) < 4.78 is 5.41. The molecular formula is C18H24N4O. The molecule has 0 bridgehead atoms. The monoisotopic (exact) mass is 312 g/mol. The van der Waals surface area contributed by atoms with E-state index in [2.05, 4.69) is 65.5 Å². The molecule has 1 aliphatic rings. The number of hydrogen-bond acceptors (Lipinski definition) is 5. The molecule has 0 aliphatic carbocycles. The molecule has 1 fully saturated rings. The van der Waals surface area contributed by atoms with Gasteiger partial charge in [-0.3, -0.25) is 4.90 Å². The summed E-state index contributed by atoms with van der Waals surface area (Å²) in [6, 6.07) is 8.78. The predicted molar refractivity (Wildman–Crippen MR) is 91.9 cm³/mol. The Morgan fingerprint density at radius 2 is 2.17 bits per heavy atom. The zero-order valence-electron chi connectivity index (χ0n) is 14.0. The van der Waals surface area contributed by atoms with E-state index >= 15 is 0 Å². The number of rotatable bonds is 4. The maximum atomic E-state index is 5.41. The van der Waals surface area contributed by atoms with Gasteiger partial charge in [-0.25, -0.2) is 0 Å². The Kier molecular flexibility index (Phi) is 4.88.